The van der Waals surface area contributed by atoms with Gasteiger partial charge in [-0.3, -0.25) is 4.79 Å². The Labute approximate surface area is 157 Å². The van der Waals surface area contributed by atoms with Crippen LogP contribution in [0.25, 0.3) is 0 Å². The van der Waals surface area contributed by atoms with E-state index in [9.17, 15) is 14.4 Å². The van der Waals surface area contributed by atoms with E-state index in [1.807, 2.05) is 30.3 Å². The molecule has 140 valence electrons. The van der Waals surface area contributed by atoms with Crippen molar-refractivity contribution in [2.45, 2.75) is 19.4 Å². The van der Waals surface area contributed by atoms with E-state index in [0.29, 0.717) is 24.2 Å². The Morgan fingerprint density at radius 3 is 2.67 bits per heavy atom. The lowest BCUT2D eigenvalue weighted by Gasteiger charge is -2.17. The molecule has 0 unspecified atom stereocenters. The summed E-state index contributed by atoms with van der Waals surface area (Å²) in [5, 5.41) is 5.35. The molecule has 1 aliphatic rings. The molecular weight excluding hydrogens is 346 g/mol. The number of para-hydroxylation sites is 1. The Bertz CT molecular complexity index is 838. The summed E-state index contributed by atoms with van der Waals surface area (Å²) >= 11 is 0. The number of carbonyl (C=O) groups is 3. The molecular formula is C20H21N3O4. The molecule has 1 fully saturated rings. The molecule has 0 bridgehead atoms. The molecule has 0 aromatic heterocycles. The van der Waals surface area contributed by atoms with Gasteiger partial charge in [-0.25, -0.2) is 9.59 Å². The number of nitrogens with one attached hydrogen (secondary N) is 2. The Hall–Kier alpha value is -3.35. The third kappa shape index (κ3) is 4.44. The molecule has 1 saturated heterocycles. The molecule has 7 heteroatoms. The van der Waals surface area contributed by atoms with Crippen molar-refractivity contribution in [3.8, 4) is 0 Å². The van der Waals surface area contributed by atoms with Gasteiger partial charge in [0.05, 0.1) is 12.2 Å². The summed E-state index contributed by atoms with van der Waals surface area (Å²) in [6.07, 6.45) is 0.532. The first-order valence-electron chi connectivity index (χ1n) is 8.79. The van der Waals surface area contributed by atoms with Crippen molar-refractivity contribution in [2.75, 3.05) is 23.4 Å². The maximum Gasteiger partial charge on any atom is 0.338 e. The highest BCUT2D eigenvalue weighted by atomic mass is 16.5. The van der Waals surface area contributed by atoms with Gasteiger partial charge in [-0.1, -0.05) is 24.3 Å². The van der Waals surface area contributed by atoms with Crippen LogP contribution in [0.5, 0.6) is 0 Å². The van der Waals surface area contributed by atoms with Crippen LogP contribution in [0.15, 0.2) is 54.6 Å². The topological polar surface area (TPSA) is 87.7 Å². The fourth-order valence-electron chi connectivity index (χ4n) is 2.94. The van der Waals surface area contributed by atoms with E-state index >= 15 is 0 Å². The van der Waals surface area contributed by atoms with Crippen LogP contribution in [0.2, 0.25) is 0 Å². The third-order valence-electron chi connectivity index (χ3n) is 4.21. The number of hydrogen-bond acceptors (Lipinski definition) is 4. The minimum absolute atomic E-state index is 0.142. The number of anilines is 2. The van der Waals surface area contributed by atoms with Crippen molar-refractivity contribution < 1.29 is 19.1 Å². The molecule has 1 heterocycles. The van der Waals surface area contributed by atoms with E-state index in [1.54, 1.807) is 30.0 Å². The van der Waals surface area contributed by atoms with Gasteiger partial charge in [-0.2, -0.15) is 0 Å². The Morgan fingerprint density at radius 2 is 1.93 bits per heavy atom. The normalized spacial score (nSPS) is 16.1. The monoisotopic (exact) mass is 367 g/mol. The summed E-state index contributed by atoms with van der Waals surface area (Å²) in [4.78, 5) is 38.2. The number of amides is 3. The fourth-order valence-corrected chi connectivity index (χ4v) is 2.94. The molecule has 2 aromatic rings. The summed E-state index contributed by atoms with van der Waals surface area (Å²) in [6, 6.07) is 14.7. The van der Waals surface area contributed by atoms with Gasteiger partial charge in [0.1, 0.15) is 6.04 Å². The summed E-state index contributed by atoms with van der Waals surface area (Å²) in [7, 11) is 0. The minimum Gasteiger partial charge on any atom is -0.462 e. The van der Waals surface area contributed by atoms with E-state index in [1.165, 1.54) is 6.07 Å². The van der Waals surface area contributed by atoms with Crippen molar-refractivity contribution in [3.05, 3.63) is 60.2 Å². The summed E-state index contributed by atoms with van der Waals surface area (Å²) in [5.74, 6) is -0.595. The van der Waals surface area contributed by atoms with Gasteiger partial charge in [-0.15, -0.1) is 0 Å². The molecule has 1 atom stereocenters. The largest absolute Gasteiger partial charge is 0.462 e. The first-order valence-corrected chi connectivity index (χ1v) is 8.79. The van der Waals surface area contributed by atoms with E-state index in [-0.39, 0.29) is 12.5 Å². The average molecular weight is 367 g/mol. The van der Waals surface area contributed by atoms with Crippen LogP contribution in [0.4, 0.5) is 16.2 Å². The number of ether oxygens (including phenoxy) is 1. The Balaban J connectivity index is 1.59. The molecule has 0 saturated carbocycles. The van der Waals surface area contributed by atoms with Crippen molar-refractivity contribution in [1.29, 1.82) is 0 Å². The second-order valence-corrected chi connectivity index (χ2v) is 6.07. The average Bonchev–Trinajstić information content (AvgIpc) is 3.03. The molecule has 27 heavy (non-hydrogen) atoms. The third-order valence-corrected chi connectivity index (χ3v) is 4.21. The van der Waals surface area contributed by atoms with Crippen LogP contribution < -0.4 is 15.5 Å². The zero-order chi connectivity index (χ0) is 19.2. The molecule has 0 spiro atoms. The molecule has 2 N–H and O–H groups in total. The van der Waals surface area contributed by atoms with Crippen LogP contribution >= 0.6 is 0 Å². The number of urea groups is 1. The van der Waals surface area contributed by atoms with Gasteiger partial charge in [0.15, 0.2) is 0 Å². The first kappa shape index (κ1) is 18.4. The van der Waals surface area contributed by atoms with Crippen LogP contribution in [0.3, 0.4) is 0 Å². The van der Waals surface area contributed by atoms with Crippen molar-refractivity contribution >= 4 is 29.3 Å². The van der Waals surface area contributed by atoms with Crippen LogP contribution in [-0.2, 0) is 9.53 Å². The second kappa shape index (κ2) is 8.35. The molecule has 0 radical (unpaired) electrons. The highest BCUT2D eigenvalue weighted by Crippen LogP contribution is 2.21. The van der Waals surface area contributed by atoms with Crippen LogP contribution in [0, 0.1) is 0 Å². The Morgan fingerprint density at radius 1 is 1.15 bits per heavy atom. The zero-order valence-corrected chi connectivity index (χ0v) is 15.0. The van der Waals surface area contributed by atoms with Crippen LogP contribution in [-0.4, -0.2) is 37.1 Å². The highest BCUT2D eigenvalue weighted by molar-refractivity contribution is 6.02. The van der Waals surface area contributed by atoms with E-state index in [4.69, 9.17) is 4.74 Å². The van der Waals surface area contributed by atoms with E-state index in [0.717, 1.165) is 5.69 Å². The van der Waals surface area contributed by atoms with Crippen molar-refractivity contribution in [3.63, 3.8) is 0 Å². The first-order chi connectivity index (χ1) is 13.1. The smallest absolute Gasteiger partial charge is 0.338 e. The predicted octanol–water partition coefficient (Wildman–Crippen LogP) is 2.79. The van der Waals surface area contributed by atoms with E-state index in [2.05, 4.69) is 10.6 Å². The lowest BCUT2D eigenvalue weighted by atomic mass is 10.2. The quantitative estimate of drug-likeness (QED) is 0.796. The minimum atomic E-state index is -0.585. The summed E-state index contributed by atoms with van der Waals surface area (Å²) in [6.45, 7) is 2.55. The van der Waals surface area contributed by atoms with Crippen molar-refractivity contribution in [2.24, 2.45) is 0 Å². The molecule has 1 aliphatic heterocycles. The number of nitrogens with zero attached hydrogens (tertiary/aromatic N) is 1. The lowest BCUT2D eigenvalue weighted by molar-refractivity contribution is -0.118. The number of benzene rings is 2. The SMILES string of the molecule is CCOC(=O)c1cccc(NC(=O)N[C@@H]2CCN(c3ccccc3)C2=O)c1. The van der Waals surface area contributed by atoms with Gasteiger partial charge in [-0.05, 0) is 43.7 Å². The van der Waals surface area contributed by atoms with Gasteiger partial charge < -0.3 is 20.3 Å². The number of esters is 1. The summed E-state index contributed by atoms with van der Waals surface area (Å²) < 4.78 is 4.95. The maximum atomic E-state index is 12.5. The second-order valence-electron chi connectivity index (χ2n) is 6.07. The van der Waals surface area contributed by atoms with Gasteiger partial charge >= 0.3 is 12.0 Å². The highest BCUT2D eigenvalue weighted by Gasteiger charge is 2.33. The number of hydrogen-bond donors (Lipinski definition) is 2. The number of rotatable bonds is 5. The zero-order valence-electron chi connectivity index (χ0n) is 15.0. The molecule has 7 nitrogen and oxygen atoms in total. The number of carbonyl (C=O) groups excluding carboxylic acids is 3. The fraction of sp³-hybridized carbons (Fsp3) is 0.250. The molecule has 0 aliphatic carbocycles. The molecule has 3 amide bonds. The molecule has 3 rings (SSSR count). The van der Waals surface area contributed by atoms with Gasteiger partial charge in [0.25, 0.3) is 0 Å². The van der Waals surface area contributed by atoms with Crippen molar-refractivity contribution in [1.82, 2.24) is 5.32 Å². The van der Waals surface area contributed by atoms with Gasteiger partial charge in [0, 0.05) is 17.9 Å². The molecule has 2 aromatic carbocycles. The summed E-state index contributed by atoms with van der Waals surface area (Å²) in [5.41, 5.74) is 1.61. The van der Waals surface area contributed by atoms with E-state index < -0.39 is 18.0 Å². The van der Waals surface area contributed by atoms with Gasteiger partial charge in [0.2, 0.25) is 5.91 Å². The maximum absolute atomic E-state index is 12.5. The lowest BCUT2D eigenvalue weighted by Crippen LogP contribution is -2.43. The Kier molecular flexibility index (Phi) is 5.71. The standard InChI is InChI=1S/C20H21N3O4/c1-2-27-19(25)14-7-6-8-15(13-14)21-20(26)22-17-11-12-23(18(17)24)16-9-4-3-5-10-16/h3-10,13,17H,2,11-12H2,1H3,(H2,21,22,26)/t17-/m1/s1. The predicted molar refractivity (Wildman–Crippen MR) is 102 cm³/mol. The van der Waals surface area contributed by atoms with Crippen LogP contribution in [0.1, 0.15) is 23.7 Å².